The van der Waals surface area contributed by atoms with Crippen molar-refractivity contribution in [3.63, 3.8) is 0 Å². The molecule has 16 heavy (non-hydrogen) atoms. The highest BCUT2D eigenvalue weighted by Gasteiger charge is 1.99. The largest absolute Gasteiger partial charge is 0.383 e. The van der Waals surface area contributed by atoms with E-state index in [1.807, 2.05) is 6.20 Å². The molecule has 0 bridgehead atoms. The molecule has 1 heterocycles. The van der Waals surface area contributed by atoms with E-state index >= 15 is 0 Å². The minimum absolute atomic E-state index is 0.435. The van der Waals surface area contributed by atoms with Crippen LogP contribution in [0.15, 0.2) is 11.2 Å². The third kappa shape index (κ3) is 4.59. The third-order valence-corrected chi connectivity index (χ3v) is 3.07. The second-order valence-electron chi connectivity index (χ2n) is 3.19. The molecule has 5 nitrogen and oxygen atoms in total. The van der Waals surface area contributed by atoms with Crippen molar-refractivity contribution in [3.05, 3.63) is 16.1 Å². The van der Waals surface area contributed by atoms with E-state index in [0.29, 0.717) is 25.7 Å². The first-order chi connectivity index (χ1) is 7.76. The van der Waals surface area contributed by atoms with Gasteiger partial charge in [0.05, 0.1) is 13.2 Å². The van der Waals surface area contributed by atoms with Crippen molar-refractivity contribution in [2.24, 2.45) is 10.7 Å². The molecule has 1 rings (SSSR count). The summed E-state index contributed by atoms with van der Waals surface area (Å²) in [6.07, 6.45) is 2.91. The van der Waals surface area contributed by atoms with Gasteiger partial charge in [-0.25, -0.2) is 9.98 Å². The summed E-state index contributed by atoms with van der Waals surface area (Å²) >= 11 is 1.68. The first-order valence-electron chi connectivity index (χ1n) is 5.22. The van der Waals surface area contributed by atoms with E-state index in [0.717, 1.165) is 11.4 Å². The van der Waals surface area contributed by atoms with E-state index in [2.05, 4.69) is 22.2 Å². The molecule has 0 atom stereocenters. The lowest BCUT2D eigenvalue weighted by molar-refractivity contribution is 0.204. The Bertz CT molecular complexity index is 337. The average molecular weight is 242 g/mol. The Balaban J connectivity index is 2.33. The number of ether oxygens (including phenoxy) is 1. The number of nitrogens with two attached hydrogens (primary N) is 1. The third-order valence-electron chi connectivity index (χ3n) is 1.95. The van der Waals surface area contributed by atoms with Crippen molar-refractivity contribution in [1.29, 1.82) is 0 Å². The summed E-state index contributed by atoms with van der Waals surface area (Å²) in [5.41, 5.74) is 5.66. The maximum Gasteiger partial charge on any atom is 0.189 e. The van der Waals surface area contributed by atoms with Crippen molar-refractivity contribution >= 4 is 17.3 Å². The highest BCUT2D eigenvalue weighted by Crippen LogP contribution is 2.13. The fourth-order valence-electron chi connectivity index (χ4n) is 1.07. The van der Waals surface area contributed by atoms with Crippen LogP contribution in [0, 0.1) is 0 Å². The number of hydrogen-bond donors (Lipinski definition) is 2. The molecule has 0 amide bonds. The van der Waals surface area contributed by atoms with Gasteiger partial charge in [0, 0.05) is 24.7 Å². The van der Waals surface area contributed by atoms with E-state index in [4.69, 9.17) is 10.5 Å². The van der Waals surface area contributed by atoms with Crippen molar-refractivity contribution < 1.29 is 4.74 Å². The van der Waals surface area contributed by atoms with Crippen molar-refractivity contribution in [1.82, 2.24) is 10.3 Å². The van der Waals surface area contributed by atoms with E-state index in [1.165, 1.54) is 4.88 Å². The summed E-state index contributed by atoms with van der Waals surface area (Å²) in [4.78, 5) is 9.72. The summed E-state index contributed by atoms with van der Waals surface area (Å²) in [5.74, 6) is 0.435. The normalized spacial score (nSPS) is 11.8. The molecule has 0 radical (unpaired) electrons. The number of aliphatic imine (C=N–C) groups is 1. The predicted molar refractivity (Wildman–Crippen MR) is 66.7 cm³/mol. The number of aromatic nitrogens is 1. The molecule has 3 N–H and O–H groups in total. The number of aryl methyl sites for hydroxylation is 1. The Morgan fingerprint density at radius 1 is 1.69 bits per heavy atom. The lowest BCUT2D eigenvalue weighted by atomic mass is 10.4. The summed E-state index contributed by atoms with van der Waals surface area (Å²) in [6, 6.07) is 0. The van der Waals surface area contributed by atoms with Gasteiger partial charge in [0.1, 0.15) is 5.01 Å². The molecule has 0 fully saturated rings. The highest BCUT2D eigenvalue weighted by atomic mass is 32.1. The molecule has 0 spiro atoms. The Labute approximate surface area is 99.7 Å². The molecule has 90 valence electrons. The maximum atomic E-state index is 5.66. The summed E-state index contributed by atoms with van der Waals surface area (Å²) in [7, 11) is 1.65. The smallest absolute Gasteiger partial charge is 0.189 e. The Kier molecular flexibility index (Phi) is 5.81. The molecule has 0 unspecified atom stereocenters. The van der Waals surface area contributed by atoms with E-state index < -0.39 is 0 Å². The zero-order valence-corrected chi connectivity index (χ0v) is 10.5. The second-order valence-corrected chi connectivity index (χ2v) is 4.39. The molecule has 1 aromatic heterocycles. The molecular weight excluding hydrogens is 224 g/mol. The first-order valence-corrected chi connectivity index (χ1v) is 6.04. The molecule has 0 aromatic carbocycles. The van der Waals surface area contributed by atoms with Crippen LogP contribution in [0.2, 0.25) is 0 Å². The van der Waals surface area contributed by atoms with Gasteiger partial charge in [0.2, 0.25) is 0 Å². The van der Waals surface area contributed by atoms with Gasteiger partial charge < -0.3 is 15.8 Å². The zero-order chi connectivity index (χ0) is 11.8. The highest BCUT2D eigenvalue weighted by molar-refractivity contribution is 7.11. The molecule has 0 aliphatic heterocycles. The van der Waals surface area contributed by atoms with Crippen molar-refractivity contribution in [3.8, 4) is 0 Å². The SMILES string of the molecule is CCc1cnc(CN=C(N)NCCOC)s1. The van der Waals surface area contributed by atoms with Gasteiger partial charge in [-0.3, -0.25) is 0 Å². The second kappa shape index (κ2) is 7.19. The van der Waals surface area contributed by atoms with Crippen LogP contribution in [0.5, 0.6) is 0 Å². The number of rotatable bonds is 6. The standard InChI is InChI=1S/C10H18N4OS/c1-3-8-6-13-9(16-8)7-14-10(11)12-4-5-15-2/h6H,3-5,7H2,1-2H3,(H3,11,12,14). The van der Waals surface area contributed by atoms with E-state index in [1.54, 1.807) is 18.4 Å². The molecule has 0 aliphatic rings. The van der Waals surface area contributed by atoms with Crippen LogP contribution < -0.4 is 11.1 Å². The number of methoxy groups -OCH3 is 1. The molecule has 1 aromatic rings. The Morgan fingerprint density at radius 3 is 3.12 bits per heavy atom. The van der Waals surface area contributed by atoms with Gasteiger partial charge in [0.25, 0.3) is 0 Å². The van der Waals surface area contributed by atoms with Crippen LogP contribution in [-0.4, -0.2) is 31.2 Å². The number of nitrogens with one attached hydrogen (secondary N) is 1. The minimum Gasteiger partial charge on any atom is -0.383 e. The van der Waals surface area contributed by atoms with Gasteiger partial charge in [-0.15, -0.1) is 11.3 Å². The predicted octanol–water partition coefficient (Wildman–Crippen LogP) is 0.756. The zero-order valence-electron chi connectivity index (χ0n) is 9.69. The van der Waals surface area contributed by atoms with E-state index in [9.17, 15) is 0 Å². The molecule has 0 saturated carbocycles. The van der Waals surface area contributed by atoms with Crippen LogP contribution in [0.3, 0.4) is 0 Å². The molecule has 6 heteroatoms. The first kappa shape index (κ1) is 12.9. The number of guanidine groups is 1. The lowest BCUT2D eigenvalue weighted by Crippen LogP contribution is -2.34. The monoisotopic (exact) mass is 242 g/mol. The van der Waals surface area contributed by atoms with Crippen molar-refractivity contribution in [2.75, 3.05) is 20.3 Å². The van der Waals surface area contributed by atoms with Gasteiger partial charge in [-0.2, -0.15) is 0 Å². The topological polar surface area (TPSA) is 72.5 Å². The van der Waals surface area contributed by atoms with Crippen LogP contribution in [0.4, 0.5) is 0 Å². The minimum atomic E-state index is 0.435. The van der Waals surface area contributed by atoms with Crippen LogP contribution >= 0.6 is 11.3 Å². The molecule has 0 saturated heterocycles. The Morgan fingerprint density at radius 2 is 2.50 bits per heavy atom. The molecule has 0 aliphatic carbocycles. The average Bonchev–Trinajstić information content (AvgIpc) is 2.74. The van der Waals surface area contributed by atoms with Gasteiger partial charge in [0.15, 0.2) is 5.96 Å². The fraction of sp³-hybridized carbons (Fsp3) is 0.600. The quantitative estimate of drug-likeness (QED) is 0.439. The van der Waals surface area contributed by atoms with Crippen LogP contribution in [0.1, 0.15) is 16.8 Å². The summed E-state index contributed by atoms with van der Waals surface area (Å²) in [6.45, 7) is 3.94. The number of nitrogens with zero attached hydrogens (tertiary/aromatic N) is 2. The number of hydrogen-bond acceptors (Lipinski definition) is 4. The van der Waals surface area contributed by atoms with Gasteiger partial charge in [-0.05, 0) is 6.42 Å². The lowest BCUT2D eigenvalue weighted by Gasteiger charge is -2.03. The summed E-state index contributed by atoms with van der Waals surface area (Å²) in [5, 5.41) is 3.95. The van der Waals surface area contributed by atoms with Crippen LogP contribution in [0.25, 0.3) is 0 Å². The van der Waals surface area contributed by atoms with Crippen LogP contribution in [-0.2, 0) is 17.7 Å². The number of thiazole rings is 1. The maximum absolute atomic E-state index is 5.66. The Hall–Kier alpha value is -1.14. The van der Waals surface area contributed by atoms with E-state index in [-0.39, 0.29) is 0 Å². The molecular formula is C10H18N4OS. The van der Waals surface area contributed by atoms with Gasteiger partial charge in [-0.1, -0.05) is 6.92 Å². The summed E-state index contributed by atoms with van der Waals surface area (Å²) < 4.78 is 4.89. The van der Waals surface area contributed by atoms with Crippen molar-refractivity contribution in [2.45, 2.75) is 19.9 Å². The fourth-order valence-corrected chi connectivity index (χ4v) is 1.86. The van der Waals surface area contributed by atoms with Gasteiger partial charge >= 0.3 is 0 Å².